The Balaban J connectivity index is 1.62. The molecule has 0 radical (unpaired) electrons. The van der Waals surface area contributed by atoms with Gasteiger partial charge in [-0.15, -0.1) is 20.4 Å². The highest BCUT2D eigenvalue weighted by Gasteiger charge is 2.22. The van der Waals surface area contributed by atoms with Crippen LogP contribution in [0.3, 0.4) is 0 Å². The molecular weight excluding hydrogens is 446 g/mol. The third kappa shape index (κ3) is 5.92. The molecule has 0 bridgehead atoms. The Hall–Kier alpha value is -2.79. The van der Waals surface area contributed by atoms with E-state index in [-0.39, 0.29) is 18.2 Å². The Bertz CT molecular complexity index is 1110. The summed E-state index contributed by atoms with van der Waals surface area (Å²) in [5, 5.41) is 23.6. The van der Waals surface area contributed by atoms with Crippen LogP contribution in [0.15, 0.2) is 23.4 Å². The number of nitrogens with one attached hydrogen (secondary N) is 2. The summed E-state index contributed by atoms with van der Waals surface area (Å²) in [7, 11) is 0. The van der Waals surface area contributed by atoms with Crippen molar-refractivity contribution in [3.8, 4) is 0 Å². The van der Waals surface area contributed by atoms with E-state index in [0.29, 0.717) is 22.7 Å². The summed E-state index contributed by atoms with van der Waals surface area (Å²) in [6.45, 7) is 10.4. The smallest absolute Gasteiger partial charge is 0.239 e. The Morgan fingerprint density at radius 2 is 1.88 bits per heavy atom. The second kappa shape index (κ2) is 10.7. The van der Waals surface area contributed by atoms with Crippen LogP contribution in [0.1, 0.15) is 42.7 Å². The summed E-state index contributed by atoms with van der Waals surface area (Å²) >= 11 is 2.66. The van der Waals surface area contributed by atoms with Crippen molar-refractivity contribution in [1.82, 2.24) is 25.0 Å². The second-order valence-electron chi connectivity index (χ2n) is 7.27. The van der Waals surface area contributed by atoms with E-state index in [1.54, 1.807) is 6.92 Å². The molecule has 0 spiro atoms. The molecule has 3 rings (SSSR count). The Kier molecular flexibility index (Phi) is 7.97. The number of anilines is 2. The van der Waals surface area contributed by atoms with E-state index in [1.807, 2.05) is 50.5 Å². The van der Waals surface area contributed by atoms with Crippen LogP contribution in [0.25, 0.3) is 0 Å². The number of nitrogens with zero attached hydrogens (tertiary/aromatic N) is 5. The van der Waals surface area contributed by atoms with Crippen LogP contribution < -0.4 is 10.6 Å². The van der Waals surface area contributed by atoms with Gasteiger partial charge in [-0.1, -0.05) is 36.1 Å². The fourth-order valence-electron chi connectivity index (χ4n) is 2.89. The zero-order chi connectivity index (χ0) is 23.3. The van der Waals surface area contributed by atoms with Crippen LogP contribution in [0.2, 0.25) is 0 Å². The third-order valence-corrected chi connectivity index (χ3v) is 6.93. The van der Waals surface area contributed by atoms with E-state index < -0.39 is 5.25 Å². The van der Waals surface area contributed by atoms with Gasteiger partial charge in [0, 0.05) is 12.2 Å². The molecule has 11 heteroatoms. The molecule has 2 N–H and O–H groups in total. The minimum atomic E-state index is -0.421. The minimum Gasteiger partial charge on any atom is -0.326 e. The molecule has 2 amide bonds. The molecule has 0 saturated carbocycles. The zero-order valence-corrected chi connectivity index (χ0v) is 20.4. The van der Waals surface area contributed by atoms with Crippen molar-refractivity contribution in [2.75, 3.05) is 10.6 Å². The summed E-state index contributed by atoms with van der Waals surface area (Å²) in [5.41, 5.74) is 3.04. The number of rotatable bonds is 9. The fourth-order valence-corrected chi connectivity index (χ4v) is 4.50. The molecule has 0 aliphatic carbocycles. The molecule has 9 nitrogen and oxygen atoms in total. The van der Waals surface area contributed by atoms with Gasteiger partial charge in [0.1, 0.15) is 10.8 Å². The van der Waals surface area contributed by atoms with Gasteiger partial charge in [0.2, 0.25) is 16.9 Å². The number of thioether (sulfide) groups is 1. The van der Waals surface area contributed by atoms with Crippen molar-refractivity contribution in [2.45, 2.75) is 64.4 Å². The molecule has 2 aromatic heterocycles. The van der Waals surface area contributed by atoms with E-state index in [2.05, 4.69) is 31.0 Å². The number of benzene rings is 1. The first-order valence-corrected chi connectivity index (χ1v) is 12.1. The minimum absolute atomic E-state index is 0.0967. The Morgan fingerprint density at radius 3 is 2.53 bits per heavy atom. The van der Waals surface area contributed by atoms with Crippen molar-refractivity contribution in [2.24, 2.45) is 0 Å². The molecule has 1 aromatic carbocycles. The molecule has 0 aliphatic rings. The lowest BCUT2D eigenvalue weighted by molar-refractivity contribution is -0.116. The molecule has 1 atom stereocenters. The molecule has 2 heterocycles. The SMILES string of the molecule is CCc1nnc(NC(=O)[C@@H](C)Sc2nnc(CC(=O)Nc3ccc(C)c(C)c3)n2CC)s1. The van der Waals surface area contributed by atoms with Gasteiger partial charge in [0.25, 0.3) is 0 Å². The maximum Gasteiger partial charge on any atom is 0.239 e. The summed E-state index contributed by atoms with van der Waals surface area (Å²) in [4.78, 5) is 25.1. The van der Waals surface area contributed by atoms with E-state index >= 15 is 0 Å². The number of hydrogen-bond donors (Lipinski definition) is 2. The number of aryl methyl sites for hydroxylation is 3. The van der Waals surface area contributed by atoms with Crippen molar-refractivity contribution in [1.29, 1.82) is 0 Å². The van der Waals surface area contributed by atoms with E-state index in [0.717, 1.165) is 22.7 Å². The topological polar surface area (TPSA) is 115 Å². The number of aromatic nitrogens is 5. The Morgan fingerprint density at radius 1 is 1.09 bits per heavy atom. The average molecular weight is 474 g/mol. The van der Waals surface area contributed by atoms with E-state index in [9.17, 15) is 9.59 Å². The van der Waals surface area contributed by atoms with Crippen LogP contribution in [0.4, 0.5) is 10.8 Å². The van der Waals surface area contributed by atoms with Crippen molar-refractivity contribution in [3.63, 3.8) is 0 Å². The first-order valence-electron chi connectivity index (χ1n) is 10.4. The maximum atomic E-state index is 12.5. The maximum absolute atomic E-state index is 12.5. The summed E-state index contributed by atoms with van der Waals surface area (Å²) < 4.78 is 1.86. The standard InChI is InChI=1S/C21H27N7O2S2/c1-6-18-25-26-20(32-18)23-19(30)14(5)31-21-27-24-16(28(21)7-2)11-17(29)22-15-9-8-12(3)13(4)10-15/h8-10,14H,6-7,11H2,1-5H3,(H,22,29)(H,23,26,30)/t14-/m1/s1. The monoisotopic (exact) mass is 473 g/mol. The highest BCUT2D eigenvalue weighted by molar-refractivity contribution is 8.00. The van der Waals surface area contributed by atoms with Crippen LogP contribution >= 0.6 is 23.1 Å². The van der Waals surface area contributed by atoms with E-state index in [4.69, 9.17) is 0 Å². The molecule has 3 aromatic rings. The van der Waals surface area contributed by atoms with E-state index in [1.165, 1.54) is 28.7 Å². The van der Waals surface area contributed by atoms with Gasteiger partial charge >= 0.3 is 0 Å². The molecule has 0 fully saturated rings. The average Bonchev–Trinajstić information content (AvgIpc) is 3.37. The number of carbonyl (C=O) groups excluding carboxylic acids is 2. The molecule has 32 heavy (non-hydrogen) atoms. The lowest BCUT2D eigenvalue weighted by Crippen LogP contribution is -2.23. The summed E-state index contributed by atoms with van der Waals surface area (Å²) in [6, 6.07) is 5.81. The fraction of sp³-hybridized carbons (Fsp3) is 0.429. The Labute approximate surface area is 195 Å². The predicted molar refractivity (Wildman–Crippen MR) is 127 cm³/mol. The first kappa shape index (κ1) is 23.9. The van der Waals surface area contributed by atoms with Gasteiger partial charge in [-0.3, -0.25) is 14.9 Å². The molecule has 0 aliphatic heterocycles. The lowest BCUT2D eigenvalue weighted by Gasteiger charge is -2.12. The van der Waals surface area contributed by atoms with Crippen molar-refractivity contribution < 1.29 is 9.59 Å². The highest BCUT2D eigenvalue weighted by atomic mass is 32.2. The van der Waals surface area contributed by atoms with Gasteiger partial charge in [0.05, 0.1) is 11.7 Å². The summed E-state index contributed by atoms with van der Waals surface area (Å²) in [5.74, 6) is 0.204. The molecule has 0 saturated heterocycles. The quantitative estimate of drug-likeness (QED) is 0.456. The van der Waals surface area contributed by atoms with Gasteiger partial charge in [-0.25, -0.2) is 0 Å². The first-order chi connectivity index (χ1) is 15.3. The predicted octanol–water partition coefficient (Wildman–Crippen LogP) is 3.63. The molecule has 170 valence electrons. The normalized spacial score (nSPS) is 11.9. The lowest BCUT2D eigenvalue weighted by atomic mass is 10.1. The third-order valence-electron chi connectivity index (χ3n) is 4.87. The van der Waals surface area contributed by atoms with Gasteiger partial charge in [-0.2, -0.15) is 0 Å². The zero-order valence-electron chi connectivity index (χ0n) is 18.8. The van der Waals surface area contributed by atoms with Crippen LogP contribution in [-0.4, -0.2) is 42.0 Å². The van der Waals surface area contributed by atoms with Crippen LogP contribution in [0, 0.1) is 13.8 Å². The van der Waals surface area contributed by atoms with Gasteiger partial charge < -0.3 is 9.88 Å². The highest BCUT2D eigenvalue weighted by Crippen LogP contribution is 2.25. The second-order valence-corrected chi connectivity index (χ2v) is 9.64. The number of hydrogen-bond acceptors (Lipinski definition) is 8. The van der Waals surface area contributed by atoms with Crippen molar-refractivity contribution >= 4 is 45.7 Å². The van der Waals surface area contributed by atoms with Gasteiger partial charge in [-0.05, 0) is 57.4 Å². The van der Waals surface area contributed by atoms with Crippen LogP contribution in [-0.2, 0) is 29.0 Å². The van der Waals surface area contributed by atoms with Gasteiger partial charge in [0.15, 0.2) is 5.16 Å². The number of carbonyl (C=O) groups is 2. The summed E-state index contributed by atoms with van der Waals surface area (Å²) in [6.07, 6.45) is 0.872. The largest absolute Gasteiger partial charge is 0.326 e. The number of amides is 2. The molecular formula is C21H27N7O2S2. The van der Waals surface area contributed by atoms with Crippen molar-refractivity contribution in [3.05, 3.63) is 40.2 Å². The molecule has 0 unspecified atom stereocenters. The van der Waals surface area contributed by atoms with Crippen LogP contribution in [0.5, 0.6) is 0 Å².